The van der Waals surface area contributed by atoms with E-state index < -0.39 is 0 Å². The molecule has 9 rings (SSSR count). The quantitative estimate of drug-likeness (QED) is 0.136. The van der Waals surface area contributed by atoms with Crippen molar-refractivity contribution < 1.29 is 0 Å². The standard InChI is InChI=1S/C57H52N2/c1-37-33-38(2)53(39(3)34-37)58-55-46-31-19-29-44-30-20-32-47(52(44)46)56(55)59-54-48(50(40-21-11-7-12-22-40)41-23-13-8-14-24-41)35-45(57(4,5)6)36-49(54)51(42-25-15-9-16-26-42)43-27-17-10-18-28-43/h7-36,50-51,58-59H,1-6H3. The van der Waals surface area contributed by atoms with Crippen molar-refractivity contribution in [1.82, 2.24) is 0 Å². The molecule has 0 amide bonds. The van der Waals surface area contributed by atoms with E-state index in [0.717, 1.165) is 22.8 Å². The molecule has 1 aliphatic rings. The second kappa shape index (κ2) is 15.6. The lowest BCUT2D eigenvalue weighted by atomic mass is 9.75. The van der Waals surface area contributed by atoms with Crippen molar-refractivity contribution in [3.05, 3.63) is 249 Å². The molecule has 0 unspecified atom stereocenters. The Labute approximate surface area is 350 Å². The van der Waals surface area contributed by atoms with Crippen LogP contribution in [0, 0.1) is 20.8 Å². The van der Waals surface area contributed by atoms with Crippen molar-refractivity contribution in [2.75, 3.05) is 10.6 Å². The molecule has 0 fully saturated rings. The Morgan fingerprint density at radius 3 is 1.15 bits per heavy atom. The third kappa shape index (κ3) is 7.25. The SMILES string of the molecule is Cc1cc(C)c(NC2=C(Nc3c(C(c4ccccc4)c4ccccc4)cc(C(C)(C)C)cc3C(c3ccccc3)c3ccccc3)c3cccc4cccc2c34)c(C)c1. The number of nitrogens with one attached hydrogen (secondary N) is 2. The second-order valence-corrected chi connectivity index (χ2v) is 17.3. The van der Waals surface area contributed by atoms with Crippen LogP contribution < -0.4 is 10.6 Å². The number of benzene rings is 8. The Morgan fingerprint density at radius 2 is 0.780 bits per heavy atom. The van der Waals surface area contributed by atoms with E-state index in [0.29, 0.717) is 0 Å². The fourth-order valence-electron chi connectivity index (χ4n) is 9.32. The molecule has 0 saturated heterocycles. The molecule has 290 valence electrons. The van der Waals surface area contributed by atoms with E-state index in [1.807, 2.05) is 0 Å². The fraction of sp³-hybridized carbons (Fsp3) is 0.158. The predicted molar refractivity (Wildman–Crippen MR) is 251 cm³/mol. The van der Waals surface area contributed by atoms with E-state index in [9.17, 15) is 0 Å². The minimum absolute atomic E-state index is 0.0497. The Hall–Kier alpha value is -6.64. The van der Waals surface area contributed by atoms with E-state index in [2.05, 4.69) is 234 Å². The van der Waals surface area contributed by atoms with E-state index >= 15 is 0 Å². The number of anilines is 2. The first-order chi connectivity index (χ1) is 28.7. The zero-order chi connectivity index (χ0) is 40.7. The Balaban J connectivity index is 1.40. The lowest BCUT2D eigenvalue weighted by Gasteiger charge is -2.32. The molecular formula is C57H52N2. The highest BCUT2D eigenvalue weighted by Gasteiger charge is 2.33. The molecule has 0 aromatic heterocycles. The Morgan fingerprint density at radius 1 is 0.407 bits per heavy atom. The number of hydrogen-bond donors (Lipinski definition) is 2. The van der Waals surface area contributed by atoms with Crippen molar-refractivity contribution in [2.45, 2.75) is 58.8 Å². The number of aryl methyl sites for hydroxylation is 3. The van der Waals surface area contributed by atoms with Crippen LogP contribution in [0.1, 0.15) is 99.4 Å². The molecular weight excluding hydrogens is 713 g/mol. The first-order valence-electron chi connectivity index (χ1n) is 20.9. The maximum atomic E-state index is 4.34. The summed E-state index contributed by atoms with van der Waals surface area (Å²) in [6, 6.07) is 67.2. The van der Waals surface area contributed by atoms with Gasteiger partial charge in [-0.15, -0.1) is 0 Å². The van der Waals surface area contributed by atoms with Crippen molar-refractivity contribution >= 4 is 33.5 Å². The third-order valence-electron chi connectivity index (χ3n) is 12.1. The molecule has 2 heteroatoms. The summed E-state index contributed by atoms with van der Waals surface area (Å²) < 4.78 is 0. The first-order valence-corrected chi connectivity index (χ1v) is 20.9. The van der Waals surface area contributed by atoms with Crippen LogP contribution in [0.3, 0.4) is 0 Å². The summed E-state index contributed by atoms with van der Waals surface area (Å²) in [6.45, 7) is 13.6. The number of hydrogen-bond acceptors (Lipinski definition) is 2. The predicted octanol–water partition coefficient (Wildman–Crippen LogP) is 14.8. The summed E-state index contributed by atoms with van der Waals surface area (Å²) in [5, 5.41) is 10.9. The van der Waals surface area contributed by atoms with Crippen molar-refractivity contribution in [1.29, 1.82) is 0 Å². The molecule has 1 aliphatic carbocycles. The summed E-state index contributed by atoms with van der Waals surface area (Å²) in [5.41, 5.74) is 19.3. The van der Waals surface area contributed by atoms with Crippen molar-refractivity contribution in [3.8, 4) is 0 Å². The molecule has 8 aromatic carbocycles. The van der Waals surface area contributed by atoms with E-state index in [1.54, 1.807) is 0 Å². The maximum absolute atomic E-state index is 4.34. The summed E-state index contributed by atoms with van der Waals surface area (Å²) in [7, 11) is 0. The normalized spacial score (nSPS) is 12.5. The average molecular weight is 765 g/mol. The monoisotopic (exact) mass is 764 g/mol. The highest BCUT2D eigenvalue weighted by atomic mass is 15.0. The minimum atomic E-state index is -0.125. The molecule has 0 heterocycles. The van der Waals surface area contributed by atoms with Gasteiger partial charge in [0.25, 0.3) is 0 Å². The molecule has 0 bridgehead atoms. The summed E-state index contributed by atoms with van der Waals surface area (Å²) in [4.78, 5) is 0. The molecule has 0 atom stereocenters. The lowest BCUT2D eigenvalue weighted by Crippen LogP contribution is -2.19. The van der Waals surface area contributed by atoms with Crippen molar-refractivity contribution in [3.63, 3.8) is 0 Å². The van der Waals surface area contributed by atoms with Gasteiger partial charge < -0.3 is 10.6 Å². The minimum Gasteiger partial charge on any atom is -0.353 e. The van der Waals surface area contributed by atoms with E-state index in [1.165, 1.54) is 77.5 Å². The highest BCUT2D eigenvalue weighted by Crippen LogP contribution is 2.49. The lowest BCUT2D eigenvalue weighted by molar-refractivity contribution is 0.588. The van der Waals surface area contributed by atoms with E-state index in [-0.39, 0.29) is 17.3 Å². The van der Waals surface area contributed by atoms with Crippen LogP contribution in [0.4, 0.5) is 11.4 Å². The second-order valence-electron chi connectivity index (χ2n) is 17.3. The highest BCUT2D eigenvalue weighted by molar-refractivity contribution is 6.18. The zero-order valence-electron chi connectivity index (χ0n) is 35.0. The van der Waals surface area contributed by atoms with Crippen LogP contribution in [0.25, 0.3) is 22.2 Å². The van der Waals surface area contributed by atoms with Crippen LogP contribution in [0.15, 0.2) is 182 Å². The number of rotatable bonds is 10. The first kappa shape index (κ1) is 37.9. The van der Waals surface area contributed by atoms with Crippen LogP contribution in [-0.4, -0.2) is 0 Å². The summed E-state index contributed by atoms with van der Waals surface area (Å²) in [6.07, 6.45) is 0. The van der Waals surface area contributed by atoms with Gasteiger partial charge in [0, 0.05) is 39.7 Å². The van der Waals surface area contributed by atoms with E-state index in [4.69, 9.17) is 0 Å². The summed E-state index contributed by atoms with van der Waals surface area (Å²) >= 11 is 0. The van der Waals surface area contributed by atoms with Crippen LogP contribution in [0.5, 0.6) is 0 Å². The van der Waals surface area contributed by atoms with Gasteiger partial charge >= 0.3 is 0 Å². The van der Waals surface area contributed by atoms with Gasteiger partial charge in [-0.1, -0.05) is 208 Å². The van der Waals surface area contributed by atoms with Crippen LogP contribution >= 0.6 is 0 Å². The smallest absolute Gasteiger partial charge is 0.0710 e. The Kier molecular flexibility index (Phi) is 10.0. The topological polar surface area (TPSA) is 24.1 Å². The maximum Gasteiger partial charge on any atom is 0.0710 e. The van der Waals surface area contributed by atoms with Crippen LogP contribution in [0.2, 0.25) is 0 Å². The van der Waals surface area contributed by atoms with Gasteiger partial charge in [0.1, 0.15) is 0 Å². The molecule has 0 aliphatic heterocycles. The van der Waals surface area contributed by atoms with Gasteiger partial charge in [0.2, 0.25) is 0 Å². The molecule has 2 nitrogen and oxygen atoms in total. The largest absolute Gasteiger partial charge is 0.353 e. The molecule has 0 radical (unpaired) electrons. The molecule has 2 N–H and O–H groups in total. The molecule has 0 spiro atoms. The van der Waals surface area contributed by atoms with Crippen LogP contribution in [-0.2, 0) is 5.41 Å². The Bertz CT molecular complexity index is 2600. The molecule has 59 heavy (non-hydrogen) atoms. The van der Waals surface area contributed by atoms with Gasteiger partial charge in [-0.3, -0.25) is 0 Å². The van der Waals surface area contributed by atoms with Gasteiger partial charge in [-0.05, 0) is 81.6 Å². The third-order valence-corrected chi connectivity index (χ3v) is 12.1. The fourth-order valence-corrected chi connectivity index (χ4v) is 9.32. The van der Waals surface area contributed by atoms with Crippen molar-refractivity contribution in [2.24, 2.45) is 0 Å². The molecule has 8 aromatic rings. The molecule has 0 saturated carbocycles. The van der Waals surface area contributed by atoms with Gasteiger partial charge in [-0.2, -0.15) is 0 Å². The zero-order valence-corrected chi connectivity index (χ0v) is 35.0. The van der Waals surface area contributed by atoms with Gasteiger partial charge in [-0.25, -0.2) is 0 Å². The van der Waals surface area contributed by atoms with Gasteiger partial charge in [0.15, 0.2) is 0 Å². The average Bonchev–Trinajstić information content (AvgIpc) is 3.54. The van der Waals surface area contributed by atoms with Gasteiger partial charge in [0.05, 0.1) is 11.4 Å². The summed E-state index contributed by atoms with van der Waals surface area (Å²) in [5.74, 6) is -0.0994.